The second kappa shape index (κ2) is 7.58. The largest absolute Gasteiger partial charge is 0.452 e. The van der Waals surface area contributed by atoms with Gasteiger partial charge in [-0.15, -0.1) is 0 Å². The number of nitrogens with one attached hydrogen (secondary N) is 1. The first-order valence-corrected chi connectivity index (χ1v) is 9.19. The highest BCUT2D eigenvalue weighted by Gasteiger charge is 2.14. The van der Waals surface area contributed by atoms with E-state index in [9.17, 15) is 0 Å². The summed E-state index contributed by atoms with van der Waals surface area (Å²) in [5.41, 5.74) is 11.8. The zero-order valence-electron chi connectivity index (χ0n) is 15.9. The highest BCUT2D eigenvalue weighted by Crippen LogP contribution is 2.33. The summed E-state index contributed by atoms with van der Waals surface area (Å²) in [6.45, 7) is 1.18. The standard InChI is InChI=1S/C21H20N6O/c1-27(2)14-8-9-17-19(12-14)28-20-13-18(23-10-5-11-24-26-22)15-6-3-4-7-16(15)21(20)25-17/h3-4,6-9,12-13H,5,10-11H2,1-2H3/p+1. The van der Waals surface area contributed by atoms with Crippen molar-refractivity contribution < 1.29 is 4.42 Å². The lowest BCUT2D eigenvalue weighted by atomic mass is 10.1. The van der Waals surface area contributed by atoms with E-state index in [0.717, 1.165) is 50.8 Å². The topological polar surface area (TPSA) is 89.8 Å². The minimum absolute atomic E-state index is 0.471. The second-order valence-electron chi connectivity index (χ2n) is 6.81. The van der Waals surface area contributed by atoms with Gasteiger partial charge in [-0.3, -0.25) is 0 Å². The number of anilines is 1. The van der Waals surface area contributed by atoms with Crippen molar-refractivity contribution in [1.82, 2.24) is 9.56 Å². The first kappa shape index (κ1) is 17.8. The number of hydrogen-bond acceptors (Lipinski definition) is 4. The maximum Gasteiger partial charge on any atom is 0.203 e. The van der Waals surface area contributed by atoms with Gasteiger partial charge in [0.25, 0.3) is 0 Å². The van der Waals surface area contributed by atoms with Gasteiger partial charge in [-0.05, 0) is 18.0 Å². The van der Waals surface area contributed by atoms with Crippen molar-refractivity contribution in [2.75, 3.05) is 32.5 Å². The Morgan fingerprint density at radius 1 is 1.14 bits per heavy atom. The van der Waals surface area contributed by atoms with Crippen molar-refractivity contribution in [3.63, 3.8) is 0 Å². The van der Waals surface area contributed by atoms with Crippen molar-refractivity contribution in [3.05, 3.63) is 64.3 Å². The Bertz CT molecular complexity index is 1250. The van der Waals surface area contributed by atoms with Gasteiger partial charge >= 0.3 is 0 Å². The SMILES string of the molecule is C[N+](C)=c1ccc2nc3c(cc(NCCCN=[N+]=[N-])c4ccccc43)oc-2c1. The van der Waals surface area contributed by atoms with Crippen LogP contribution in [0.15, 0.2) is 58.1 Å². The summed E-state index contributed by atoms with van der Waals surface area (Å²) in [6, 6.07) is 16.2. The van der Waals surface area contributed by atoms with Crippen LogP contribution in [-0.2, 0) is 0 Å². The minimum atomic E-state index is 0.471. The van der Waals surface area contributed by atoms with Gasteiger partial charge in [-0.25, -0.2) is 9.56 Å². The Labute approximate surface area is 161 Å². The number of hydrogen-bond donors (Lipinski definition) is 1. The quantitative estimate of drug-likeness (QED) is 0.108. The fourth-order valence-corrected chi connectivity index (χ4v) is 3.29. The normalized spacial score (nSPS) is 10.9. The van der Waals surface area contributed by atoms with Crippen molar-refractivity contribution in [2.45, 2.75) is 6.42 Å². The number of rotatable bonds is 5. The smallest absolute Gasteiger partial charge is 0.203 e. The molecule has 28 heavy (non-hydrogen) atoms. The molecule has 0 unspecified atom stereocenters. The van der Waals surface area contributed by atoms with E-state index in [-0.39, 0.29) is 0 Å². The van der Waals surface area contributed by atoms with Crippen LogP contribution in [0.5, 0.6) is 0 Å². The van der Waals surface area contributed by atoms with Crippen LogP contribution in [0, 0.1) is 0 Å². The first-order valence-electron chi connectivity index (χ1n) is 9.19. The van der Waals surface area contributed by atoms with Crippen molar-refractivity contribution in [3.8, 4) is 11.5 Å². The maximum atomic E-state index is 8.40. The lowest BCUT2D eigenvalue weighted by molar-refractivity contribution is 0.611. The van der Waals surface area contributed by atoms with E-state index >= 15 is 0 Å². The number of fused-ring (bicyclic) bond motifs is 4. The van der Waals surface area contributed by atoms with Crippen molar-refractivity contribution in [2.24, 2.45) is 5.11 Å². The molecule has 2 aromatic carbocycles. The number of nitrogens with zero attached hydrogens (tertiary/aromatic N) is 5. The van der Waals surface area contributed by atoms with Crippen LogP contribution in [0.2, 0.25) is 0 Å². The van der Waals surface area contributed by atoms with E-state index in [4.69, 9.17) is 14.9 Å². The van der Waals surface area contributed by atoms with E-state index in [1.807, 2.05) is 55.1 Å². The molecule has 0 atom stereocenters. The Morgan fingerprint density at radius 2 is 1.96 bits per heavy atom. The number of aromatic nitrogens is 1. The van der Waals surface area contributed by atoms with Gasteiger partial charge in [0.1, 0.15) is 25.3 Å². The van der Waals surface area contributed by atoms with Crippen LogP contribution in [0.25, 0.3) is 43.8 Å². The summed E-state index contributed by atoms with van der Waals surface area (Å²) in [7, 11) is 4.00. The summed E-state index contributed by atoms with van der Waals surface area (Å²) in [5.74, 6) is 0.753. The monoisotopic (exact) mass is 373 g/mol. The summed E-state index contributed by atoms with van der Waals surface area (Å²) in [4.78, 5) is 7.66. The summed E-state index contributed by atoms with van der Waals surface area (Å²) in [5, 5.41) is 10.2. The summed E-state index contributed by atoms with van der Waals surface area (Å²) < 4.78 is 8.27. The number of benzene rings is 3. The summed E-state index contributed by atoms with van der Waals surface area (Å²) >= 11 is 0. The van der Waals surface area contributed by atoms with Crippen LogP contribution >= 0.6 is 0 Å². The molecule has 4 rings (SSSR count). The average Bonchev–Trinajstić information content (AvgIpc) is 2.72. The maximum absolute atomic E-state index is 8.40. The first-order chi connectivity index (χ1) is 13.7. The molecule has 7 nitrogen and oxygen atoms in total. The van der Waals surface area contributed by atoms with Gasteiger partial charge in [-0.2, -0.15) is 0 Å². The molecule has 0 radical (unpaired) electrons. The minimum Gasteiger partial charge on any atom is -0.452 e. The van der Waals surface area contributed by atoms with Crippen molar-refractivity contribution in [1.29, 1.82) is 0 Å². The number of azide groups is 1. The van der Waals surface area contributed by atoms with Gasteiger partial charge in [0.15, 0.2) is 11.3 Å². The van der Waals surface area contributed by atoms with E-state index in [1.54, 1.807) is 0 Å². The van der Waals surface area contributed by atoms with Crippen LogP contribution < -0.4 is 15.2 Å². The van der Waals surface area contributed by atoms with Crippen molar-refractivity contribution >= 4 is 27.6 Å². The zero-order chi connectivity index (χ0) is 19.5. The molecule has 1 aliphatic heterocycles. The van der Waals surface area contributed by atoms with E-state index in [2.05, 4.69) is 27.5 Å². The molecule has 7 heteroatoms. The molecule has 0 amide bonds. The van der Waals surface area contributed by atoms with Crippen LogP contribution in [-0.4, -0.2) is 32.2 Å². The van der Waals surface area contributed by atoms with Gasteiger partial charge in [0.2, 0.25) is 5.36 Å². The Balaban J connectivity index is 1.87. The molecule has 1 heterocycles. The third-order valence-electron chi connectivity index (χ3n) is 4.71. The van der Waals surface area contributed by atoms with Crippen LogP contribution in [0.1, 0.15) is 6.42 Å². The molecular weight excluding hydrogens is 352 g/mol. The molecule has 1 aliphatic carbocycles. The molecule has 0 bridgehead atoms. The highest BCUT2D eigenvalue weighted by atomic mass is 16.3. The molecule has 0 fully saturated rings. The zero-order valence-corrected chi connectivity index (χ0v) is 15.9. The Hall–Kier alpha value is -3.57. The van der Waals surface area contributed by atoms with E-state index in [0.29, 0.717) is 13.1 Å². The predicted molar refractivity (Wildman–Crippen MR) is 112 cm³/mol. The molecule has 140 valence electrons. The van der Waals surface area contributed by atoms with E-state index < -0.39 is 0 Å². The molecule has 0 spiro atoms. The second-order valence-corrected chi connectivity index (χ2v) is 6.81. The molecule has 0 saturated heterocycles. The predicted octanol–water partition coefficient (Wildman–Crippen LogP) is 4.23. The van der Waals surface area contributed by atoms with Crippen LogP contribution in [0.3, 0.4) is 0 Å². The average molecular weight is 373 g/mol. The highest BCUT2D eigenvalue weighted by molar-refractivity contribution is 6.10. The van der Waals surface area contributed by atoms with Gasteiger partial charge in [0.05, 0.1) is 6.07 Å². The molecule has 2 aliphatic rings. The third kappa shape index (κ3) is 3.35. The lowest BCUT2D eigenvalue weighted by Crippen LogP contribution is -2.21. The molecular formula is C21H21N6O+. The molecule has 0 aromatic heterocycles. The van der Waals surface area contributed by atoms with Gasteiger partial charge < -0.3 is 9.73 Å². The van der Waals surface area contributed by atoms with Gasteiger partial charge in [-0.1, -0.05) is 29.4 Å². The third-order valence-corrected chi connectivity index (χ3v) is 4.71. The Kier molecular flexibility index (Phi) is 4.83. The van der Waals surface area contributed by atoms with Gasteiger partial charge in [0, 0.05) is 46.6 Å². The summed E-state index contributed by atoms with van der Waals surface area (Å²) in [6.07, 6.45) is 0.760. The fraction of sp³-hybridized carbons (Fsp3) is 0.238. The molecule has 2 aromatic rings. The molecule has 0 saturated carbocycles. The van der Waals surface area contributed by atoms with E-state index in [1.165, 1.54) is 0 Å². The fourth-order valence-electron chi connectivity index (χ4n) is 3.29. The molecule has 1 N–H and O–H groups in total. The Morgan fingerprint density at radius 3 is 2.75 bits per heavy atom. The lowest BCUT2D eigenvalue weighted by Gasteiger charge is -2.13. The van der Waals surface area contributed by atoms with Crippen LogP contribution in [0.4, 0.5) is 5.69 Å².